The first kappa shape index (κ1) is 22.9. The van der Waals surface area contributed by atoms with Gasteiger partial charge in [0.25, 0.3) is 5.91 Å². The van der Waals surface area contributed by atoms with Gasteiger partial charge in [-0.1, -0.05) is 0 Å². The first-order valence-corrected chi connectivity index (χ1v) is 11.4. The van der Waals surface area contributed by atoms with Crippen molar-refractivity contribution in [2.24, 2.45) is 0 Å². The van der Waals surface area contributed by atoms with Crippen molar-refractivity contribution in [3.63, 3.8) is 0 Å². The summed E-state index contributed by atoms with van der Waals surface area (Å²) in [5, 5.41) is 0. The van der Waals surface area contributed by atoms with Crippen molar-refractivity contribution < 1.29 is 19.1 Å². The van der Waals surface area contributed by atoms with Gasteiger partial charge in [0, 0.05) is 55.4 Å². The number of nitrogens with zero attached hydrogens (tertiary/aromatic N) is 5. The summed E-state index contributed by atoms with van der Waals surface area (Å²) >= 11 is 0. The molecule has 176 valence electrons. The maximum atomic E-state index is 13.4. The third-order valence-electron chi connectivity index (χ3n) is 5.79. The van der Waals surface area contributed by atoms with Gasteiger partial charge < -0.3 is 19.3 Å². The van der Waals surface area contributed by atoms with E-state index in [0.29, 0.717) is 30.4 Å². The van der Waals surface area contributed by atoms with Crippen LogP contribution in [-0.4, -0.2) is 74.6 Å². The summed E-state index contributed by atoms with van der Waals surface area (Å²) in [6.07, 6.45) is 8.00. The SMILES string of the molecule is COc1cc(-c2ncc(C(=O)N(C3CC3)C3CCN(C(=O)OC(C)(C)C)CC3)cn2)ccn1. The van der Waals surface area contributed by atoms with E-state index in [0.717, 1.165) is 31.2 Å². The number of amides is 2. The highest BCUT2D eigenvalue weighted by atomic mass is 16.6. The maximum Gasteiger partial charge on any atom is 0.410 e. The number of rotatable bonds is 5. The van der Waals surface area contributed by atoms with Gasteiger partial charge in [0.1, 0.15) is 5.60 Å². The van der Waals surface area contributed by atoms with Crippen LogP contribution in [0.25, 0.3) is 11.4 Å². The average Bonchev–Trinajstić information content (AvgIpc) is 3.64. The normalized spacial score (nSPS) is 16.9. The molecular weight excluding hydrogens is 422 g/mol. The first-order chi connectivity index (χ1) is 15.7. The van der Waals surface area contributed by atoms with Crippen LogP contribution >= 0.6 is 0 Å². The van der Waals surface area contributed by atoms with Gasteiger partial charge in [-0.3, -0.25) is 4.79 Å². The van der Waals surface area contributed by atoms with Gasteiger partial charge in [-0.2, -0.15) is 0 Å². The number of piperidine rings is 1. The predicted octanol–water partition coefficient (Wildman–Crippen LogP) is 3.55. The summed E-state index contributed by atoms with van der Waals surface area (Å²) in [6, 6.07) is 3.90. The lowest BCUT2D eigenvalue weighted by molar-refractivity contribution is 0.0142. The van der Waals surface area contributed by atoms with E-state index in [1.54, 1.807) is 42.7 Å². The third-order valence-corrected chi connectivity index (χ3v) is 5.79. The van der Waals surface area contributed by atoms with E-state index in [1.165, 1.54) is 0 Å². The molecule has 1 saturated heterocycles. The van der Waals surface area contributed by atoms with E-state index in [9.17, 15) is 9.59 Å². The highest BCUT2D eigenvalue weighted by molar-refractivity contribution is 5.94. The van der Waals surface area contributed by atoms with E-state index >= 15 is 0 Å². The van der Waals surface area contributed by atoms with E-state index in [4.69, 9.17) is 9.47 Å². The number of pyridine rings is 1. The van der Waals surface area contributed by atoms with Crippen molar-refractivity contribution in [2.45, 2.75) is 64.1 Å². The number of carbonyl (C=O) groups is 2. The van der Waals surface area contributed by atoms with Crippen LogP contribution in [0.3, 0.4) is 0 Å². The van der Waals surface area contributed by atoms with E-state index in [-0.39, 0.29) is 24.1 Å². The molecule has 0 spiro atoms. The molecule has 0 atom stereocenters. The summed E-state index contributed by atoms with van der Waals surface area (Å²) in [4.78, 5) is 42.4. The average molecular weight is 454 g/mol. The molecule has 9 heteroatoms. The lowest BCUT2D eigenvalue weighted by atomic mass is 10.0. The Morgan fingerprint density at radius 2 is 1.67 bits per heavy atom. The molecule has 0 N–H and O–H groups in total. The molecular formula is C24H31N5O4. The largest absolute Gasteiger partial charge is 0.481 e. The van der Waals surface area contributed by atoms with E-state index < -0.39 is 5.60 Å². The fraction of sp³-hybridized carbons (Fsp3) is 0.542. The summed E-state index contributed by atoms with van der Waals surface area (Å²) < 4.78 is 10.6. The van der Waals surface area contributed by atoms with Gasteiger partial charge in [-0.25, -0.2) is 19.7 Å². The fourth-order valence-corrected chi connectivity index (χ4v) is 4.03. The molecule has 3 heterocycles. The van der Waals surface area contributed by atoms with Gasteiger partial charge in [0.15, 0.2) is 5.82 Å². The Kier molecular flexibility index (Phi) is 6.49. The Hall–Kier alpha value is -3.23. The van der Waals surface area contributed by atoms with E-state index in [1.807, 2.05) is 25.7 Å². The molecule has 0 bridgehead atoms. The molecule has 2 amide bonds. The molecule has 1 saturated carbocycles. The molecule has 1 aliphatic heterocycles. The Morgan fingerprint density at radius 1 is 1.03 bits per heavy atom. The highest BCUT2D eigenvalue weighted by Crippen LogP contribution is 2.33. The van der Waals surface area contributed by atoms with Gasteiger partial charge in [-0.15, -0.1) is 0 Å². The predicted molar refractivity (Wildman–Crippen MR) is 122 cm³/mol. The van der Waals surface area contributed by atoms with Crippen molar-refractivity contribution in [3.05, 3.63) is 36.3 Å². The quantitative estimate of drug-likeness (QED) is 0.683. The Balaban J connectivity index is 1.42. The summed E-state index contributed by atoms with van der Waals surface area (Å²) in [7, 11) is 1.55. The van der Waals surface area contributed by atoms with Crippen LogP contribution < -0.4 is 4.74 Å². The first-order valence-electron chi connectivity index (χ1n) is 11.4. The van der Waals surface area contributed by atoms with Crippen LogP contribution in [0.15, 0.2) is 30.7 Å². The lowest BCUT2D eigenvalue weighted by Gasteiger charge is -2.39. The number of likely N-dealkylation sites (tertiary alicyclic amines) is 1. The Labute approximate surface area is 194 Å². The summed E-state index contributed by atoms with van der Waals surface area (Å²) in [5.41, 5.74) is 0.730. The van der Waals surface area contributed by atoms with Crippen LogP contribution in [-0.2, 0) is 4.74 Å². The molecule has 2 fully saturated rings. The van der Waals surface area contributed by atoms with Gasteiger partial charge >= 0.3 is 6.09 Å². The van der Waals surface area contributed by atoms with Crippen molar-refractivity contribution in [1.29, 1.82) is 0 Å². The van der Waals surface area contributed by atoms with Crippen molar-refractivity contribution >= 4 is 12.0 Å². The van der Waals surface area contributed by atoms with Gasteiger partial charge in [0.05, 0.1) is 12.7 Å². The molecule has 0 unspecified atom stereocenters. The molecule has 2 aromatic rings. The minimum Gasteiger partial charge on any atom is -0.481 e. The van der Waals surface area contributed by atoms with Crippen LogP contribution in [0, 0.1) is 0 Å². The zero-order valence-electron chi connectivity index (χ0n) is 19.7. The van der Waals surface area contributed by atoms with Crippen LogP contribution in [0.1, 0.15) is 56.8 Å². The van der Waals surface area contributed by atoms with Crippen LogP contribution in [0.4, 0.5) is 4.79 Å². The van der Waals surface area contributed by atoms with Gasteiger partial charge in [0.2, 0.25) is 5.88 Å². The molecule has 4 rings (SSSR count). The van der Waals surface area contributed by atoms with Gasteiger partial charge in [-0.05, 0) is 52.5 Å². The van der Waals surface area contributed by atoms with Crippen molar-refractivity contribution in [3.8, 4) is 17.3 Å². The lowest BCUT2D eigenvalue weighted by Crippen LogP contribution is -2.50. The number of hydrogen-bond donors (Lipinski definition) is 0. The summed E-state index contributed by atoms with van der Waals surface area (Å²) in [6.45, 7) is 6.75. The molecule has 33 heavy (non-hydrogen) atoms. The number of methoxy groups -OCH3 is 1. The van der Waals surface area contributed by atoms with Crippen LogP contribution in [0.5, 0.6) is 5.88 Å². The molecule has 0 radical (unpaired) electrons. The zero-order valence-corrected chi connectivity index (χ0v) is 19.7. The number of aromatic nitrogens is 3. The molecule has 0 aromatic carbocycles. The second-order valence-electron chi connectivity index (χ2n) is 9.52. The second kappa shape index (κ2) is 9.33. The molecule has 2 aromatic heterocycles. The zero-order chi connectivity index (χ0) is 23.6. The fourth-order valence-electron chi connectivity index (χ4n) is 4.03. The summed E-state index contributed by atoms with van der Waals surface area (Å²) in [5.74, 6) is 0.942. The number of carbonyl (C=O) groups excluding carboxylic acids is 2. The molecule has 9 nitrogen and oxygen atoms in total. The third kappa shape index (κ3) is 5.58. The molecule has 1 aliphatic carbocycles. The van der Waals surface area contributed by atoms with Crippen molar-refractivity contribution in [1.82, 2.24) is 24.8 Å². The Morgan fingerprint density at radius 3 is 2.24 bits per heavy atom. The highest BCUT2D eigenvalue weighted by Gasteiger charge is 2.40. The monoisotopic (exact) mass is 453 g/mol. The number of ether oxygens (including phenoxy) is 2. The Bertz CT molecular complexity index is 993. The maximum absolute atomic E-state index is 13.4. The van der Waals surface area contributed by atoms with Crippen molar-refractivity contribution in [2.75, 3.05) is 20.2 Å². The van der Waals surface area contributed by atoms with E-state index in [2.05, 4.69) is 15.0 Å². The van der Waals surface area contributed by atoms with Crippen LogP contribution in [0.2, 0.25) is 0 Å². The standard InChI is InChI=1S/C24H31N5O4/c1-24(2,3)33-23(31)28-11-8-19(9-12-28)29(18-5-6-18)22(30)17-14-26-21(27-15-17)16-7-10-25-20(13-16)32-4/h7,10,13-15,18-19H,5-6,8-9,11-12H2,1-4H3. The molecule has 2 aliphatic rings. The topological polar surface area (TPSA) is 97.8 Å². The minimum absolute atomic E-state index is 0.0490. The smallest absolute Gasteiger partial charge is 0.410 e. The number of hydrogen-bond acceptors (Lipinski definition) is 7. The second-order valence-corrected chi connectivity index (χ2v) is 9.52. The minimum atomic E-state index is -0.516.